The van der Waals surface area contributed by atoms with Crippen molar-refractivity contribution in [2.24, 2.45) is 0 Å². The quantitative estimate of drug-likeness (QED) is 0.496. The van der Waals surface area contributed by atoms with Crippen LogP contribution in [0.25, 0.3) is 22.8 Å². The zero-order valence-electron chi connectivity index (χ0n) is 17.1. The Morgan fingerprint density at radius 1 is 1.00 bits per heavy atom. The van der Waals surface area contributed by atoms with Gasteiger partial charge in [-0.3, -0.25) is 4.79 Å². The minimum absolute atomic E-state index is 0.139. The van der Waals surface area contributed by atoms with Gasteiger partial charge in [-0.25, -0.2) is 9.97 Å². The highest BCUT2D eigenvalue weighted by Crippen LogP contribution is 2.22. The van der Waals surface area contributed by atoms with Crippen molar-refractivity contribution in [2.75, 3.05) is 0 Å². The lowest BCUT2D eigenvalue weighted by Crippen LogP contribution is -2.23. The highest BCUT2D eigenvalue weighted by molar-refractivity contribution is 5.93. The molecule has 0 unspecified atom stereocenters. The van der Waals surface area contributed by atoms with E-state index in [1.54, 1.807) is 13.8 Å². The standard InChI is InChI=1S/C23H21N5O3/c1-23(2,30)22-27-20(28-31-22)17-10-6-7-15(11-17)12-26-21(29)18-13-24-19(25-14-18)16-8-4-3-5-9-16/h3-11,13-14,30H,12H2,1-2H3,(H,26,29). The van der Waals surface area contributed by atoms with E-state index < -0.39 is 5.60 Å². The van der Waals surface area contributed by atoms with E-state index in [1.165, 1.54) is 12.4 Å². The van der Waals surface area contributed by atoms with Crippen molar-refractivity contribution < 1.29 is 14.4 Å². The van der Waals surface area contributed by atoms with Gasteiger partial charge in [-0.15, -0.1) is 0 Å². The van der Waals surface area contributed by atoms with Gasteiger partial charge in [-0.05, 0) is 25.5 Å². The van der Waals surface area contributed by atoms with Crippen molar-refractivity contribution in [3.8, 4) is 22.8 Å². The van der Waals surface area contributed by atoms with Gasteiger partial charge in [-0.2, -0.15) is 4.98 Å². The third-order valence-electron chi connectivity index (χ3n) is 4.53. The number of nitrogens with one attached hydrogen (secondary N) is 1. The first-order valence-electron chi connectivity index (χ1n) is 9.72. The number of carbonyl (C=O) groups is 1. The van der Waals surface area contributed by atoms with Crippen molar-refractivity contribution in [3.05, 3.63) is 84.0 Å². The summed E-state index contributed by atoms with van der Waals surface area (Å²) < 4.78 is 5.13. The number of hydrogen-bond donors (Lipinski definition) is 2. The fraction of sp³-hybridized carbons (Fsp3) is 0.174. The molecule has 0 spiro atoms. The van der Waals surface area contributed by atoms with Gasteiger partial charge in [0.2, 0.25) is 5.82 Å². The average Bonchev–Trinajstić information content (AvgIpc) is 3.30. The van der Waals surface area contributed by atoms with Gasteiger partial charge in [0.05, 0.1) is 5.56 Å². The Balaban J connectivity index is 1.42. The molecule has 0 bridgehead atoms. The molecule has 8 heteroatoms. The van der Waals surface area contributed by atoms with E-state index >= 15 is 0 Å². The van der Waals surface area contributed by atoms with E-state index in [9.17, 15) is 9.90 Å². The second kappa shape index (κ2) is 8.45. The number of benzene rings is 2. The van der Waals surface area contributed by atoms with Crippen molar-refractivity contribution in [2.45, 2.75) is 26.0 Å². The van der Waals surface area contributed by atoms with Crippen LogP contribution in [-0.2, 0) is 12.1 Å². The summed E-state index contributed by atoms with van der Waals surface area (Å²) in [4.78, 5) is 25.3. The molecule has 0 atom stereocenters. The van der Waals surface area contributed by atoms with E-state index in [0.29, 0.717) is 23.8 Å². The molecule has 156 valence electrons. The highest BCUT2D eigenvalue weighted by atomic mass is 16.5. The lowest BCUT2D eigenvalue weighted by Gasteiger charge is -2.09. The molecule has 2 N–H and O–H groups in total. The molecule has 8 nitrogen and oxygen atoms in total. The molecular weight excluding hydrogens is 394 g/mol. The molecule has 0 aliphatic carbocycles. The Bertz CT molecular complexity index is 1180. The van der Waals surface area contributed by atoms with Crippen molar-refractivity contribution in [3.63, 3.8) is 0 Å². The minimum atomic E-state index is -1.21. The zero-order chi connectivity index (χ0) is 21.8. The molecule has 0 radical (unpaired) electrons. The van der Waals surface area contributed by atoms with Crippen LogP contribution in [0.4, 0.5) is 0 Å². The van der Waals surface area contributed by atoms with Crippen LogP contribution in [0.2, 0.25) is 0 Å². The molecule has 31 heavy (non-hydrogen) atoms. The number of aliphatic hydroxyl groups is 1. The van der Waals surface area contributed by atoms with E-state index in [0.717, 1.165) is 16.7 Å². The Morgan fingerprint density at radius 2 is 1.71 bits per heavy atom. The molecule has 4 aromatic rings. The summed E-state index contributed by atoms with van der Waals surface area (Å²) >= 11 is 0. The Morgan fingerprint density at radius 3 is 2.39 bits per heavy atom. The molecule has 0 aliphatic rings. The van der Waals surface area contributed by atoms with Crippen LogP contribution >= 0.6 is 0 Å². The van der Waals surface area contributed by atoms with Crippen LogP contribution < -0.4 is 5.32 Å². The van der Waals surface area contributed by atoms with Gasteiger partial charge in [-0.1, -0.05) is 53.7 Å². The smallest absolute Gasteiger partial charge is 0.258 e. The first-order chi connectivity index (χ1) is 14.9. The molecule has 0 aliphatic heterocycles. The van der Waals surface area contributed by atoms with Crippen LogP contribution in [0.5, 0.6) is 0 Å². The van der Waals surface area contributed by atoms with Crippen LogP contribution in [-0.4, -0.2) is 31.1 Å². The van der Waals surface area contributed by atoms with Gasteiger partial charge in [0.15, 0.2) is 5.82 Å². The number of carbonyl (C=O) groups excluding carboxylic acids is 1. The Kier molecular flexibility index (Phi) is 5.55. The Hall–Kier alpha value is -3.91. The maximum absolute atomic E-state index is 12.5. The van der Waals surface area contributed by atoms with Crippen LogP contribution in [0.1, 0.15) is 35.7 Å². The summed E-state index contributed by atoms with van der Waals surface area (Å²) in [6, 6.07) is 17.0. The summed E-state index contributed by atoms with van der Waals surface area (Å²) in [6.07, 6.45) is 3.02. The maximum Gasteiger partial charge on any atom is 0.258 e. The molecule has 2 heterocycles. The zero-order valence-corrected chi connectivity index (χ0v) is 17.1. The van der Waals surface area contributed by atoms with Crippen LogP contribution in [0, 0.1) is 0 Å². The molecular formula is C23H21N5O3. The number of amides is 1. The van der Waals surface area contributed by atoms with Crippen LogP contribution in [0.15, 0.2) is 71.5 Å². The van der Waals surface area contributed by atoms with E-state index in [2.05, 4.69) is 25.4 Å². The molecule has 0 saturated carbocycles. The second-order valence-corrected chi connectivity index (χ2v) is 7.53. The fourth-order valence-corrected chi connectivity index (χ4v) is 2.88. The Labute approximate surface area is 179 Å². The summed E-state index contributed by atoms with van der Waals surface area (Å²) in [5.41, 5.74) is 1.64. The predicted molar refractivity (Wildman–Crippen MR) is 114 cm³/mol. The lowest BCUT2D eigenvalue weighted by atomic mass is 10.1. The summed E-state index contributed by atoms with van der Waals surface area (Å²) in [7, 11) is 0. The highest BCUT2D eigenvalue weighted by Gasteiger charge is 2.24. The molecule has 1 amide bonds. The third-order valence-corrected chi connectivity index (χ3v) is 4.53. The maximum atomic E-state index is 12.5. The second-order valence-electron chi connectivity index (χ2n) is 7.53. The first-order valence-corrected chi connectivity index (χ1v) is 9.72. The minimum Gasteiger partial charge on any atom is -0.381 e. The number of aromatic nitrogens is 4. The van der Waals surface area contributed by atoms with E-state index in [1.807, 2.05) is 54.6 Å². The number of hydrogen-bond acceptors (Lipinski definition) is 7. The number of rotatable bonds is 6. The van der Waals surface area contributed by atoms with Crippen molar-refractivity contribution >= 4 is 5.91 Å². The molecule has 0 fully saturated rings. The SMILES string of the molecule is CC(C)(O)c1nc(-c2cccc(CNC(=O)c3cnc(-c4ccccc4)nc3)c2)no1. The van der Waals surface area contributed by atoms with Crippen molar-refractivity contribution in [1.29, 1.82) is 0 Å². The molecule has 4 rings (SSSR count). The third kappa shape index (κ3) is 4.81. The number of nitrogens with zero attached hydrogens (tertiary/aromatic N) is 4. The molecule has 0 saturated heterocycles. The fourth-order valence-electron chi connectivity index (χ4n) is 2.88. The average molecular weight is 415 g/mol. The normalized spacial score (nSPS) is 11.3. The topological polar surface area (TPSA) is 114 Å². The van der Waals surface area contributed by atoms with Gasteiger partial charge >= 0.3 is 0 Å². The van der Waals surface area contributed by atoms with E-state index in [-0.39, 0.29) is 11.8 Å². The summed E-state index contributed by atoms with van der Waals surface area (Å²) in [5, 5.41) is 16.8. The lowest BCUT2D eigenvalue weighted by molar-refractivity contribution is 0.0420. The summed E-state index contributed by atoms with van der Waals surface area (Å²) in [6.45, 7) is 3.46. The van der Waals surface area contributed by atoms with Crippen molar-refractivity contribution in [1.82, 2.24) is 25.4 Å². The van der Waals surface area contributed by atoms with Crippen LogP contribution in [0.3, 0.4) is 0 Å². The van der Waals surface area contributed by atoms with Gasteiger partial charge < -0.3 is 14.9 Å². The molecule has 2 aromatic heterocycles. The summed E-state index contributed by atoms with van der Waals surface area (Å²) in [5.74, 6) is 0.805. The van der Waals surface area contributed by atoms with Gasteiger partial charge in [0.25, 0.3) is 11.8 Å². The van der Waals surface area contributed by atoms with Gasteiger partial charge in [0.1, 0.15) is 5.60 Å². The monoisotopic (exact) mass is 415 g/mol. The van der Waals surface area contributed by atoms with E-state index in [4.69, 9.17) is 4.52 Å². The predicted octanol–water partition coefficient (Wildman–Crippen LogP) is 3.35. The van der Waals surface area contributed by atoms with Gasteiger partial charge in [0, 0.05) is 30.1 Å². The molecule has 2 aromatic carbocycles. The first kappa shape index (κ1) is 20.4. The largest absolute Gasteiger partial charge is 0.381 e.